The van der Waals surface area contributed by atoms with Crippen molar-refractivity contribution in [3.63, 3.8) is 0 Å². The maximum Gasteiger partial charge on any atom is 0.336 e. The van der Waals surface area contributed by atoms with Crippen molar-refractivity contribution < 1.29 is 19.1 Å². The highest BCUT2D eigenvalue weighted by atomic mass is 16.5. The zero-order valence-corrected chi connectivity index (χ0v) is 34.8. The van der Waals surface area contributed by atoms with E-state index in [1.807, 2.05) is 0 Å². The van der Waals surface area contributed by atoms with Crippen LogP contribution < -0.4 is 34.1 Å². The van der Waals surface area contributed by atoms with Crippen molar-refractivity contribution >= 4 is 18.2 Å². The normalized spacial score (nSPS) is 10.7. The fourth-order valence-corrected chi connectivity index (χ4v) is 6.83. The first-order valence-electron chi connectivity index (χ1n) is 21.3. The van der Waals surface area contributed by atoms with E-state index in [1.165, 1.54) is 18.2 Å². The number of ether oxygens (including phenoxy) is 1. The van der Waals surface area contributed by atoms with Crippen molar-refractivity contribution in [2.75, 3.05) is 26.2 Å². The van der Waals surface area contributed by atoms with Crippen LogP contribution in [0.3, 0.4) is 0 Å². The van der Waals surface area contributed by atoms with Gasteiger partial charge in [0.25, 0.3) is 6.26 Å². The van der Waals surface area contributed by atoms with E-state index in [2.05, 4.69) is 15.0 Å². The number of nitrogens with zero attached hydrogens (tertiary/aromatic N) is 10. The van der Waals surface area contributed by atoms with Gasteiger partial charge in [-0.1, -0.05) is 57.8 Å². The third kappa shape index (κ3) is 18.0. The van der Waals surface area contributed by atoms with Gasteiger partial charge in [-0.3, -0.25) is 0 Å². The molecule has 0 saturated heterocycles. The summed E-state index contributed by atoms with van der Waals surface area (Å²) in [5.41, 5.74) is -4.05. The molecule has 0 N–H and O–H groups in total. The van der Waals surface area contributed by atoms with E-state index in [0.717, 1.165) is 53.1 Å². The Balaban J connectivity index is 2.16. The average Bonchev–Trinajstić information content (AvgIpc) is 3.24. The lowest BCUT2D eigenvalue weighted by Gasteiger charge is -2.15. The van der Waals surface area contributed by atoms with Gasteiger partial charge in [0, 0.05) is 39.3 Å². The zero-order valence-electron chi connectivity index (χ0n) is 34.8. The van der Waals surface area contributed by atoms with Crippen LogP contribution in [0.25, 0.3) is 0 Å². The van der Waals surface area contributed by atoms with Gasteiger partial charge in [-0.25, -0.2) is 85.5 Å². The summed E-state index contributed by atoms with van der Waals surface area (Å²) in [7, 11) is 0. The van der Waals surface area contributed by atoms with Crippen molar-refractivity contribution in [2.45, 2.75) is 168 Å². The highest BCUT2D eigenvalue weighted by Crippen LogP contribution is 2.06. The van der Waals surface area contributed by atoms with Crippen molar-refractivity contribution in [3.05, 3.63) is 62.9 Å². The van der Waals surface area contributed by atoms with Gasteiger partial charge in [0.05, 0.1) is 19.6 Å². The van der Waals surface area contributed by atoms with Crippen LogP contribution in [0.4, 0.5) is 0 Å². The third-order valence-corrected chi connectivity index (χ3v) is 10.1. The molecule has 2 aromatic heterocycles. The lowest BCUT2D eigenvalue weighted by molar-refractivity contribution is 0.259. The minimum atomic E-state index is -0.683. The number of hydrogen-bond acceptors (Lipinski definition) is 14. The molecule has 0 aliphatic heterocycles. The predicted octanol–water partition coefficient (Wildman–Crippen LogP) is 2.66. The third-order valence-electron chi connectivity index (χ3n) is 10.1. The van der Waals surface area contributed by atoms with Gasteiger partial charge >= 0.3 is 34.1 Å². The van der Waals surface area contributed by atoms with E-state index in [0.29, 0.717) is 129 Å². The Bertz CT molecular complexity index is 2090. The van der Waals surface area contributed by atoms with Crippen LogP contribution in [0.2, 0.25) is 0 Å². The topological polar surface area (TPSA) is 253 Å². The van der Waals surface area contributed by atoms with Crippen molar-refractivity contribution in [3.8, 4) is 6.26 Å². The minimum Gasteiger partial charge on any atom is -0.428 e. The van der Waals surface area contributed by atoms with E-state index in [4.69, 9.17) is 10.00 Å². The fraction of sp³-hybridized carbons (Fsp3) is 0.750. The van der Waals surface area contributed by atoms with Gasteiger partial charge in [0.15, 0.2) is 0 Å². The molecule has 2 rings (SSSR count). The predicted molar refractivity (Wildman–Crippen MR) is 221 cm³/mol. The molecule has 0 spiro atoms. The molecule has 0 unspecified atom stereocenters. The monoisotopic (exact) mass is 840 g/mol. The first-order valence-corrected chi connectivity index (χ1v) is 21.3. The summed E-state index contributed by atoms with van der Waals surface area (Å²) in [5.74, 6) is 0. The van der Waals surface area contributed by atoms with E-state index in [9.17, 15) is 43.2 Å². The molecule has 0 atom stereocenters. The van der Waals surface area contributed by atoms with Crippen molar-refractivity contribution in [1.29, 1.82) is 5.26 Å². The zero-order chi connectivity index (χ0) is 43.8. The van der Waals surface area contributed by atoms with Gasteiger partial charge in [0.1, 0.15) is 6.61 Å². The van der Waals surface area contributed by atoms with Gasteiger partial charge in [-0.2, -0.15) is 5.26 Å². The Morgan fingerprint density at radius 2 is 0.567 bits per heavy atom. The second kappa shape index (κ2) is 31.2. The largest absolute Gasteiger partial charge is 0.428 e. The van der Waals surface area contributed by atoms with E-state index >= 15 is 0 Å². The Morgan fingerprint density at radius 3 is 0.783 bits per heavy atom. The molecule has 0 bridgehead atoms. The van der Waals surface area contributed by atoms with E-state index in [-0.39, 0.29) is 39.3 Å². The molecule has 2 heterocycles. The number of unbranched alkanes of at least 4 members (excludes halogenated alkanes) is 15. The van der Waals surface area contributed by atoms with Crippen LogP contribution in [0.15, 0.2) is 43.7 Å². The molecule has 330 valence electrons. The summed E-state index contributed by atoms with van der Waals surface area (Å²) in [5, 5.41) is 8.54. The van der Waals surface area contributed by atoms with Gasteiger partial charge in [-0.05, 0) is 70.6 Å². The summed E-state index contributed by atoms with van der Waals surface area (Å²) >= 11 is 0. The Labute approximate surface area is 347 Å². The molecule has 0 aliphatic carbocycles. The summed E-state index contributed by atoms with van der Waals surface area (Å²) in [6.07, 6.45) is 18.5. The number of nitriles is 1. The Kier molecular flexibility index (Phi) is 26.2. The lowest BCUT2D eigenvalue weighted by atomic mass is 10.2. The fourth-order valence-electron chi connectivity index (χ4n) is 6.83. The maximum atomic E-state index is 13.5. The highest BCUT2D eigenvalue weighted by molar-refractivity contribution is 5.33. The SMILES string of the molecule is N#COCCCCCCn1c(=O)n(CCCCCCN=C=O)c(=O)n(CCCCCCn2c(=O)n(CCCCCCN=C=O)c(=O)n(CCCCCCN=C=O)c2=O)c1=O. The first kappa shape index (κ1) is 50.4. The molecule has 60 heavy (non-hydrogen) atoms. The summed E-state index contributed by atoms with van der Waals surface area (Å²) in [6.45, 7) is 1.99. The number of hydrogen-bond donors (Lipinski definition) is 0. The quantitative estimate of drug-likeness (QED) is 0.0422. The van der Waals surface area contributed by atoms with Gasteiger partial charge in [0.2, 0.25) is 18.2 Å². The molecule has 0 amide bonds. The Hall–Kier alpha value is -5.75. The number of aromatic nitrogens is 6. The second-order valence-electron chi connectivity index (χ2n) is 14.5. The van der Waals surface area contributed by atoms with Crippen LogP contribution in [0, 0.1) is 11.5 Å². The molecule has 2 aromatic rings. The van der Waals surface area contributed by atoms with Gasteiger partial charge in [-0.15, -0.1) is 0 Å². The summed E-state index contributed by atoms with van der Waals surface area (Å²) < 4.78 is 11.3. The van der Waals surface area contributed by atoms with Crippen LogP contribution in [0.5, 0.6) is 0 Å². The van der Waals surface area contributed by atoms with Crippen LogP contribution >= 0.6 is 0 Å². The average molecular weight is 841 g/mol. The smallest absolute Gasteiger partial charge is 0.336 e. The molecule has 0 fully saturated rings. The molecule has 20 heteroatoms. The summed E-state index contributed by atoms with van der Waals surface area (Å²) in [4.78, 5) is 122. The molecular formula is C40H60N10O10. The van der Waals surface area contributed by atoms with Gasteiger partial charge < -0.3 is 4.74 Å². The highest BCUT2D eigenvalue weighted by Gasteiger charge is 2.17. The standard InChI is InChI=1S/C40H60N10O10/c41-31-60-30-20-10-9-19-29-50-39(58)47(26-16-6-3-13-23-44-34-53)38(57)49(40(50)59)28-18-8-7-17-27-48-36(55)45(24-14-4-1-11-21-42-32-51)35(54)46(37(48)56)25-15-5-2-12-22-43-33-52/h1-30H2. The molecule has 0 aliphatic rings. The van der Waals surface area contributed by atoms with Crippen LogP contribution in [-0.2, 0) is 58.4 Å². The van der Waals surface area contributed by atoms with E-state index in [1.54, 1.807) is 6.26 Å². The molecule has 0 saturated carbocycles. The number of aliphatic imine (C=N–C) groups is 3. The first-order chi connectivity index (χ1) is 29.2. The Morgan fingerprint density at radius 1 is 0.350 bits per heavy atom. The summed E-state index contributed by atoms with van der Waals surface area (Å²) in [6, 6.07) is 0. The minimum absolute atomic E-state index is 0.0626. The number of rotatable bonds is 35. The van der Waals surface area contributed by atoms with Crippen molar-refractivity contribution in [1.82, 2.24) is 27.4 Å². The lowest BCUT2D eigenvalue weighted by Crippen LogP contribution is -2.54. The molecular weight excluding hydrogens is 780 g/mol. The van der Waals surface area contributed by atoms with Crippen molar-refractivity contribution in [2.24, 2.45) is 15.0 Å². The maximum absolute atomic E-state index is 13.5. The molecule has 20 nitrogen and oxygen atoms in total. The number of carbonyl (C=O) groups excluding carboxylic acids is 3. The second-order valence-corrected chi connectivity index (χ2v) is 14.5. The van der Waals surface area contributed by atoms with E-state index < -0.39 is 34.1 Å². The molecule has 0 radical (unpaired) electrons. The number of isocyanates is 3. The van der Waals surface area contributed by atoms with Crippen LogP contribution in [-0.4, -0.2) is 71.9 Å². The van der Waals surface area contributed by atoms with Crippen LogP contribution in [0.1, 0.15) is 128 Å². The molecule has 0 aromatic carbocycles.